The van der Waals surface area contributed by atoms with E-state index in [-0.39, 0.29) is 5.56 Å². The van der Waals surface area contributed by atoms with Gasteiger partial charge in [-0.2, -0.15) is 26.3 Å². The minimum absolute atomic E-state index is 0.358. The van der Waals surface area contributed by atoms with Crippen LogP contribution >= 0.6 is 0 Å². The number of esters is 2. The Hall–Kier alpha value is -2.38. The Morgan fingerprint density at radius 1 is 0.879 bits per heavy atom. The maximum Gasteiger partial charge on any atom is 0.432 e. The molecule has 13 heteroatoms. The van der Waals surface area contributed by atoms with E-state index in [1.54, 1.807) is 6.92 Å². The summed E-state index contributed by atoms with van der Waals surface area (Å²) < 4.78 is 93.4. The van der Waals surface area contributed by atoms with Crippen LogP contribution in [0.5, 0.6) is 0 Å². The summed E-state index contributed by atoms with van der Waals surface area (Å²) in [7, 11) is 0. The summed E-state index contributed by atoms with van der Waals surface area (Å²) in [6.07, 6.45) is -11.8. The number of piperidine rings is 1. The molecule has 1 heterocycles. The van der Waals surface area contributed by atoms with E-state index in [0.717, 1.165) is 17.4 Å². The monoisotopic (exact) mass is 487 g/mol. The highest BCUT2D eigenvalue weighted by Gasteiger charge is 2.78. The van der Waals surface area contributed by atoms with Crippen LogP contribution in [0.4, 0.5) is 26.3 Å². The Kier molecular flexibility index (Phi) is 7.41. The predicted octanol–water partition coefficient (Wildman–Crippen LogP) is 2.54. The molecule has 1 aliphatic heterocycles. The van der Waals surface area contributed by atoms with Crippen molar-refractivity contribution in [3.8, 4) is 0 Å². The van der Waals surface area contributed by atoms with Gasteiger partial charge in [0.15, 0.2) is 0 Å². The van der Waals surface area contributed by atoms with E-state index in [9.17, 15) is 46.1 Å². The number of hydrogen-bond donors (Lipinski definition) is 3. The van der Waals surface area contributed by atoms with Crippen molar-refractivity contribution in [3.63, 3.8) is 0 Å². The number of nitrogens with one attached hydrogen (secondary N) is 1. The second-order valence-electron chi connectivity index (χ2n) is 7.55. The van der Waals surface area contributed by atoms with Crippen molar-refractivity contribution in [2.24, 2.45) is 11.8 Å². The van der Waals surface area contributed by atoms with Gasteiger partial charge in [-0.3, -0.25) is 9.59 Å². The number of benzene rings is 1. The summed E-state index contributed by atoms with van der Waals surface area (Å²) in [6.45, 7) is 3.10. The number of alkyl halides is 6. The summed E-state index contributed by atoms with van der Waals surface area (Å²) in [5, 5.41) is 21.8. The fourth-order valence-corrected chi connectivity index (χ4v) is 3.92. The molecule has 0 aliphatic carbocycles. The molecule has 0 aromatic heterocycles. The molecule has 3 N–H and O–H groups in total. The normalized spacial score (nSPS) is 30.6. The number of hydrogen-bond acceptors (Lipinski definition) is 7. The summed E-state index contributed by atoms with van der Waals surface area (Å²) >= 11 is 0. The third kappa shape index (κ3) is 4.66. The fourth-order valence-electron chi connectivity index (χ4n) is 3.92. The van der Waals surface area contributed by atoms with Crippen molar-refractivity contribution in [1.82, 2.24) is 5.32 Å². The molecule has 0 spiro atoms. The second-order valence-corrected chi connectivity index (χ2v) is 7.55. The topological polar surface area (TPSA) is 105 Å². The van der Waals surface area contributed by atoms with Gasteiger partial charge >= 0.3 is 24.3 Å². The van der Waals surface area contributed by atoms with Gasteiger partial charge in [-0.05, 0) is 26.3 Å². The molecule has 1 saturated heterocycles. The molecule has 1 fully saturated rings. The molecular weight excluding hydrogens is 464 g/mol. The number of rotatable bonds is 5. The molecule has 1 aromatic rings. The lowest BCUT2D eigenvalue weighted by atomic mass is 9.64. The summed E-state index contributed by atoms with van der Waals surface area (Å²) in [5.41, 5.74) is -9.04. The minimum atomic E-state index is -5.91. The van der Waals surface area contributed by atoms with Crippen LogP contribution in [0, 0.1) is 18.8 Å². The largest absolute Gasteiger partial charge is 0.466 e. The molecule has 5 atom stereocenters. The van der Waals surface area contributed by atoms with E-state index in [0.29, 0.717) is 5.56 Å². The Morgan fingerprint density at radius 2 is 1.24 bits per heavy atom. The van der Waals surface area contributed by atoms with Gasteiger partial charge in [-0.15, -0.1) is 0 Å². The maximum atomic E-state index is 14.0. The van der Waals surface area contributed by atoms with Gasteiger partial charge in [0.2, 0.25) is 11.4 Å². The maximum absolute atomic E-state index is 14.0. The zero-order valence-corrected chi connectivity index (χ0v) is 17.8. The Bertz CT molecular complexity index is 825. The highest BCUT2D eigenvalue weighted by molar-refractivity contribution is 5.81. The van der Waals surface area contributed by atoms with E-state index in [1.807, 2.05) is 0 Å². The smallest absolute Gasteiger partial charge is 0.432 e. The van der Waals surface area contributed by atoms with Crippen molar-refractivity contribution in [3.05, 3.63) is 35.4 Å². The lowest BCUT2D eigenvalue weighted by Gasteiger charge is -2.54. The van der Waals surface area contributed by atoms with Crippen LogP contribution in [0.3, 0.4) is 0 Å². The quantitative estimate of drug-likeness (QED) is 0.433. The summed E-state index contributed by atoms with van der Waals surface area (Å²) in [4.78, 5) is 25.3. The molecule has 0 bridgehead atoms. The lowest BCUT2D eigenvalue weighted by molar-refractivity contribution is -0.376. The van der Waals surface area contributed by atoms with E-state index in [2.05, 4.69) is 9.47 Å². The molecule has 1 aliphatic rings. The first kappa shape index (κ1) is 26.9. The number of aliphatic hydroxyl groups is 2. The molecule has 33 heavy (non-hydrogen) atoms. The number of carbonyl (C=O) groups is 2. The van der Waals surface area contributed by atoms with Gasteiger partial charge in [0.1, 0.15) is 11.8 Å². The summed E-state index contributed by atoms with van der Waals surface area (Å²) in [5.74, 6) is -11.4. The molecule has 0 saturated carbocycles. The molecular formula is C20H23F6NO6. The van der Waals surface area contributed by atoms with Crippen molar-refractivity contribution in [2.45, 2.75) is 50.5 Å². The third-order valence-electron chi connectivity index (χ3n) is 5.41. The predicted molar refractivity (Wildman–Crippen MR) is 99.3 cm³/mol. The van der Waals surface area contributed by atoms with E-state index < -0.39 is 66.7 Å². The average molecular weight is 487 g/mol. The van der Waals surface area contributed by atoms with Gasteiger partial charge < -0.3 is 19.7 Å². The van der Waals surface area contributed by atoms with E-state index in [1.165, 1.54) is 26.0 Å². The Balaban J connectivity index is 2.95. The first-order chi connectivity index (χ1) is 15.0. The first-order valence-electron chi connectivity index (χ1n) is 9.82. The SMILES string of the molecule is CCOC(=O)[C@@H]1C(c2ccc(C)cc2)[C@H](C(=O)OCC)[C@](O)(C(F)(F)F)N[C@@]1(O)C(F)(F)F. The van der Waals surface area contributed by atoms with Crippen LogP contribution in [0.15, 0.2) is 24.3 Å². The highest BCUT2D eigenvalue weighted by Crippen LogP contribution is 2.55. The van der Waals surface area contributed by atoms with Crippen LogP contribution in [0.1, 0.15) is 30.9 Å². The number of carbonyl (C=O) groups excluding carboxylic acids is 2. The molecule has 1 aromatic carbocycles. The highest BCUT2D eigenvalue weighted by atomic mass is 19.4. The molecule has 7 nitrogen and oxygen atoms in total. The molecule has 0 radical (unpaired) electrons. The van der Waals surface area contributed by atoms with E-state index in [4.69, 9.17) is 0 Å². The fraction of sp³-hybridized carbons (Fsp3) is 0.600. The van der Waals surface area contributed by atoms with Crippen LogP contribution in [0.2, 0.25) is 0 Å². The van der Waals surface area contributed by atoms with Gasteiger partial charge in [-0.1, -0.05) is 29.8 Å². The van der Waals surface area contributed by atoms with Crippen molar-refractivity contribution >= 4 is 11.9 Å². The average Bonchev–Trinajstić information content (AvgIpc) is 2.66. The minimum Gasteiger partial charge on any atom is -0.466 e. The number of ether oxygens (including phenoxy) is 2. The molecule has 2 rings (SSSR count). The molecule has 1 unspecified atom stereocenters. The van der Waals surface area contributed by atoms with Gasteiger partial charge in [-0.25, -0.2) is 5.32 Å². The standard InChI is InChI=1S/C20H23F6NO6/c1-4-32-15(28)13-12(11-8-6-10(3)7-9-11)14(16(29)33-5-2)18(31,20(24,25)26)27-17(13,30)19(21,22)23/h6-9,12-14,27,30-31H,4-5H2,1-3H3/t12?,13-,14+,17-,18-/m0/s1. The summed E-state index contributed by atoms with van der Waals surface area (Å²) in [6, 6.07) is 4.83. The van der Waals surface area contributed by atoms with Crippen LogP contribution in [0.25, 0.3) is 0 Å². The van der Waals surface area contributed by atoms with Crippen LogP contribution in [-0.4, -0.2) is 59.2 Å². The zero-order chi connectivity index (χ0) is 25.4. The van der Waals surface area contributed by atoms with E-state index >= 15 is 0 Å². The van der Waals surface area contributed by atoms with Crippen LogP contribution in [-0.2, 0) is 19.1 Å². The number of aryl methyl sites for hydroxylation is 1. The first-order valence-corrected chi connectivity index (χ1v) is 9.82. The molecule has 186 valence electrons. The third-order valence-corrected chi connectivity index (χ3v) is 5.41. The van der Waals surface area contributed by atoms with Gasteiger partial charge in [0.05, 0.1) is 13.2 Å². The van der Waals surface area contributed by atoms with Gasteiger partial charge in [0, 0.05) is 5.92 Å². The Labute approximate surface area is 184 Å². The zero-order valence-electron chi connectivity index (χ0n) is 17.8. The molecule has 0 amide bonds. The second kappa shape index (κ2) is 9.11. The van der Waals surface area contributed by atoms with Crippen molar-refractivity contribution in [2.75, 3.05) is 13.2 Å². The number of halogens is 6. The lowest BCUT2D eigenvalue weighted by Crippen LogP contribution is -2.81. The van der Waals surface area contributed by atoms with Crippen molar-refractivity contribution < 1.29 is 55.6 Å². The van der Waals surface area contributed by atoms with Crippen LogP contribution < -0.4 is 5.32 Å². The Morgan fingerprint density at radius 3 is 1.55 bits per heavy atom. The van der Waals surface area contributed by atoms with Gasteiger partial charge in [0.25, 0.3) is 0 Å². The van der Waals surface area contributed by atoms with Crippen molar-refractivity contribution in [1.29, 1.82) is 0 Å².